The second-order valence-electron chi connectivity index (χ2n) is 3.90. The lowest BCUT2D eigenvalue weighted by atomic mass is 10.2. The van der Waals surface area contributed by atoms with Crippen LogP contribution in [0.3, 0.4) is 0 Å². The van der Waals surface area contributed by atoms with Crippen molar-refractivity contribution in [1.29, 1.82) is 0 Å². The highest BCUT2D eigenvalue weighted by Crippen LogP contribution is 2.40. The minimum atomic E-state index is -0.442. The van der Waals surface area contributed by atoms with Gasteiger partial charge in [-0.1, -0.05) is 35.6 Å². The third-order valence-corrected chi connectivity index (χ3v) is 4.48. The number of nitrogens with zero attached hydrogens (tertiary/aromatic N) is 3. The van der Waals surface area contributed by atoms with Gasteiger partial charge in [0.05, 0.1) is 18.5 Å². The molecule has 0 bridgehead atoms. The summed E-state index contributed by atoms with van der Waals surface area (Å²) in [4.78, 5) is 0. The molecule has 0 saturated carbocycles. The Morgan fingerprint density at radius 2 is 1.94 bits per heavy atom. The summed E-state index contributed by atoms with van der Waals surface area (Å²) in [5.74, 6) is 0. The second-order valence-corrected chi connectivity index (χ2v) is 5.77. The van der Waals surface area contributed by atoms with Crippen LogP contribution in [0.25, 0.3) is 5.69 Å². The van der Waals surface area contributed by atoms with E-state index < -0.39 is 10.9 Å². The quantitative estimate of drug-likeness (QED) is 0.831. The van der Waals surface area contributed by atoms with Crippen molar-refractivity contribution in [3.05, 3.63) is 59.0 Å². The number of benzene rings is 1. The summed E-state index contributed by atoms with van der Waals surface area (Å²) < 4.78 is 1.73. The van der Waals surface area contributed by atoms with E-state index in [0.717, 1.165) is 16.3 Å². The Morgan fingerprint density at radius 3 is 2.72 bits per heavy atom. The fraction of sp³-hybridized carbons (Fsp3) is 0.0769. The maximum absolute atomic E-state index is 9.32. The van der Waals surface area contributed by atoms with Crippen LogP contribution in [-0.2, 0) is 6.61 Å². The van der Waals surface area contributed by atoms with Gasteiger partial charge in [-0.25, -0.2) is 4.68 Å². The van der Waals surface area contributed by atoms with E-state index in [-0.39, 0.29) is 6.61 Å². The average molecular weight is 259 g/mol. The van der Waals surface area contributed by atoms with Gasteiger partial charge in [-0.15, -0.1) is 5.10 Å². The normalized spacial score (nSPS) is 15.5. The first kappa shape index (κ1) is 11.3. The van der Waals surface area contributed by atoms with Crippen molar-refractivity contribution in [3.63, 3.8) is 0 Å². The number of rotatable bonds is 3. The van der Waals surface area contributed by atoms with Gasteiger partial charge in [0.1, 0.15) is 5.03 Å². The molecule has 0 radical (unpaired) electrons. The highest BCUT2D eigenvalue weighted by atomic mass is 32.2. The van der Waals surface area contributed by atoms with Crippen LogP contribution >= 0.6 is 10.9 Å². The van der Waals surface area contributed by atoms with Gasteiger partial charge < -0.3 is 5.11 Å². The summed E-state index contributed by atoms with van der Waals surface area (Å²) >= 11 is 0. The molecule has 0 amide bonds. The van der Waals surface area contributed by atoms with Crippen LogP contribution in [0.15, 0.2) is 58.5 Å². The van der Waals surface area contributed by atoms with E-state index in [4.69, 9.17) is 0 Å². The van der Waals surface area contributed by atoms with Gasteiger partial charge in [0.25, 0.3) is 0 Å². The van der Waals surface area contributed by atoms with Gasteiger partial charge in [-0.05, 0) is 16.9 Å². The molecule has 4 nitrogen and oxygen atoms in total. The number of hydrogen-bond acceptors (Lipinski definition) is 3. The van der Waals surface area contributed by atoms with E-state index in [0.29, 0.717) is 0 Å². The summed E-state index contributed by atoms with van der Waals surface area (Å²) in [5.41, 5.74) is 1.72. The smallest absolute Gasteiger partial charge is 0.126 e. The fourth-order valence-corrected chi connectivity index (χ4v) is 3.21. The molecule has 2 heterocycles. The van der Waals surface area contributed by atoms with E-state index in [1.807, 2.05) is 42.6 Å². The highest BCUT2D eigenvalue weighted by Gasteiger charge is 2.10. The average Bonchev–Trinajstić information content (AvgIpc) is 3.09. The summed E-state index contributed by atoms with van der Waals surface area (Å²) in [6.45, 7) is -0.0000654. The van der Waals surface area contributed by atoms with Crippen molar-refractivity contribution in [2.75, 3.05) is 0 Å². The van der Waals surface area contributed by atoms with Crippen LogP contribution in [0.4, 0.5) is 0 Å². The number of aliphatic hydroxyl groups is 1. The molecule has 0 saturated heterocycles. The lowest BCUT2D eigenvalue weighted by molar-refractivity contribution is 0.281. The first-order valence-corrected chi connectivity index (χ1v) is 7.11. The third-order valence-electron chi connectivity index (χ3n) is 2.76. The molecule has 0 spiro atoms. The molecular weight excluding hydrogens is 246 g/mol. The molecule has 5 heteroatoms. The monoisotopic (exact) mass is 259 g/mol. The summed E-state index contributed by atoms with van der Waals surface area (Å²) in [5, 5.41) is 22.9. The number of aromatic nitrogens is 3. The zero-order chi connectivity index (χ0) is 12.4. The van der Waals surface area contributed by atoms with E-state index in [9.17, 15) is 5.11 Å². The molecule has 1 aromatic heterocycles. The third kappa shape index (κ3) is 1.98. The number of aliphatic hydroxyl groups excluding tert-OH is 1. The standard InChI is InChI=1S/C13H13N3OS/c17-10-11-5-1-2-6-12(11)16-9-13(14-15-16)18-7-3-4-8-18/h1-9,17-18H,10H2. The van der Waals surface area contributed by atoms with Gasteiger partial charge >= 0.3 is 0 Å². The fourth-order valence-electron chi connectivity index (χ4n) is 1.85. The molecule has 0 fully saturated rings. The van der Waals surface area contributed by atoms with E-state index in [1.165, 1.54) is 0 Å². The van der Waals surface area contributed by atoms with Crippen molar-refractivity contribution >= 4 is 10.9 Å². The predicted octanol–water partition coefficient (Wildman–Crippen LogP) is 2.16. The van der Waals surface area contributed by atoms with E-state index in [2.05, 4.69) is 21.1 Å². The van der Waals surface area contributed by atoms with E-state index >= 15 is 0 Å². The van der Waals surface area contributed by atoms with Crippen molar-refractivity contribution in [3.8, 4) is 5.69 Å². The highest BCUT2D eigenvalue weighted by molar-refractivity contribution is 8.22. The number of allylic oxidation sites excluding steroid dienone is 2. The lowest BCUT2D eigenvalue weighted by Crippen LogP contribution is -2.00. The van der Waals surface area contributed by atoms with Crippen LogP contribution in [0.1, 0.15) is 5.56 Å². The van der Waals surface area contributed by atoms with Gasteiger partial charge in [-0.2, -0.15) is 10.9 Å². The summed E-state index contributed by atoms with van der Waals surface area (Å²) in [6.07, 6.45) is 6.00. The molecule has 0 atom stereocenters. The van der Waals surface area contributed by atoms with Crippen LogP contribution in [0, 0.1) is 0 Å². The molecule has 92 valence electrons. The maximum Gasteiger partial charge on any atom is 0.126 e. The molecule has 1 aliphatic rings. The minimum absolute atomic E-state index is 0.0000654. The largest absolute Gasteiger partial charge is 0.392 e. The molecule has 18 heavy (non-hydrogen) atoms. The van der Waals surface area contributed by atoms with Crippen LogP contribution in [0.5, 0.6) is 0 Å². The van der Waals surface area contributed by atoms with Gasteiger partial charge in [0.2, 0.25) is 0 Å². The maximum atomic E-state index is 9.32. The molecule has 1 aromatic carbocycles. The Morgan fingerprint density at radius 1 is 1.17 bits per heavy atom. The second kappa shape index (κ2) is 4.80. The summed E-state index contributed by atoms with van der Waals surface area (Å²) in [6, 6.07) is 7.64. The Balaban J connectivity index is 1.97. The Hall–Kier alpha value is -1.85. The van der Waals surface area contributed by atoms with Gasteiger partial charge in [0.15, 0.2) is 0 Å². The van der Waals surface area contributed by atoms with Crippen molar-refractivity contribution in [2.45, 2.75) is 11.6 Å². The molecule has 1 aliphatic heterocycles. The van der Waals surface area contributed by atoms with E-state index in [1.54, 1.807) is 4.68 Å². The first-order chi connectivity index (χ1) is 8.88. The zero-order valence-electron chi connectivity index (χ0n) is 9.64. The molecule has 2 aromatic rings. The van der Waals surface area contributed by atoms with Gasteiger partial charge in [-0.3, -0.25) is 0 Å². The van der Waals surface area contributed by atoms with Gasteiger partial charge in [0, 0.05) is 5.56 Å². The van der Waals surface area contributed by atoms with Crippen LogP contribution < -0.4 is 0 Å². The topological polar surface area (TPSA) is 50.9 Å². The molecular formula is C13H13N3OS. The molecule has 0 unspecified atom stereocenters. The van der Waals surface area contributed by atoms with Crippen molar-refractivity contribution in [2.24, 2.45) is 0 Å². The van der Waals surface area contributed by atoms with Crippen LogP contribution in [0.2, 0.25) is 0 Å². The lowest BCUT2D eigenvalue weighted by Gasteiger charge is -2.06. The molecule has 3 rings (SSSR count). The Bertz CT molecular complexity index is 606. The zero-order valence-corrected chi connectivity index (χ0v) is 10.5. The van der Waals surface area contributed by atoms with Crippen LogP contribution in [-0.4, -0.2) is 20.1 Å². The Kier molecular flexibility index (Phi) is 3.00. The Labute approximate surface area is 108 Å². The molecule has 1 N–H and O–H groups in total. The number of para-hydroxylation sites is 1. The minimum Gasteiger partial charge on any atom is -0.392 e. The SMILES string of the molecule is OCc1ccccc1-n1cc([SH]2C=CC=C2)nn1. The van der Waals surface area contributed by atoms with Crippen molar-refractivity contribution < 1.29 is 5.11 Å². The first-order valence-electron chi connectivity index (χ1n) is 5.63. The van der Waals surface area contributed by atoms with Crippen molar-refractivity contribution in [1.82, 2.24) is 15.0 Å². The molecule has 0 aliphatic carbocycles. The predicted molar refractivity (Wildman–Crippen MR) is 72.8 cm³/mol. The summed E-state index contributed by atoms with van der Waals surface area (Å²) in [7, 11) is -0.442. The number of hydrogen-bond donors (Lipinski definition) is 2. The number of thiol groups is 1.